The first-order valence-corrected chi connectivity index (χ1v) is 11.4. The molecule has 3 aromatic carbocycles. The van der Waals surface area contributed by atoms with Gasteiger partial charge >= 0.3 is 0 Å². The molecule has 0 fully saturated rings. The number of ether oxygens (including phenoxy) is 3. The van der Waals surface area contributed by atoms with E-state index in [1.165, 1.54) is 22.3 Å². The molecule has 33 heavy (non-hydrogen) atoms. The Morgan fingerprint density at radius 2 is 1.64 bits per heavy atom. The van der Waals surface area contributed by atoms with Crippen molar-refractivity contribution in [1.82, 2.24) is 5.32 Å². The molecular weight excluding hydrogens is 434 g/mol. The Labute approximate surface area is 203 Å². The third kappa shape index (κ3) is 5.70. The molecule has 1 heterocycles. The summed E-state index contributed by atoms with van der Waals surface area (Å²) in [5, 5.41) is 3.62. The third-order valence-electron chi connectivity index (χ3n) is 6.46. The van der Waals surface area contributed by atoms with E-state index >= 15 is 0 Å². The minimum atomic E-state index is -0.0822. The number of benzene rings is 3. The largest absolute Gasteiger partial charge is 0.493 e. The minimum absolute atomic E-state index is 0. The van der Waals surface area contributed by atoms with Gasteiger partial charge in [0, 0.05) is 5.41 Å². The molecule has 1 unspecified atom stereocenters. The van der Waals surface area contributed by atoms with Crippen LogP contribution in [0.15, 0.2) is 72.8 Å². The molecule has 176 valence electrons. The summed E-state index contributed by atoms with van der Waals surface area (Å²) in [5.74, 6) is 1.55. The topological polar surface area (TPSA) is 39.7 Å². The molecule has 0 amide bonds. The number of rotatable bonds is 10. The van der Waals surface area contributed by atoms with E-state index in [0.717, 1.165) is 50.5 Å². The molecule has 1 aliphatic heterocycles. The first-order valence-electron chi connectivity index (χ1n) is 11.4. The van der Waals surface area contributed by atoms with Crippen LogP contribution in [0.25, 0.3) is 0 Å². The van der Waals surface area contributed by atoms with Crippen LogP contribution in [-0.4, -0.2) is 33.9 Å². The van der Waals surface area contributed by atoms with Gasteiger partial charge in [-0.15, -0.1) is 12.4 Å². The van der Waals surface area contributed by atoms with Crippen molar-refractivity contribution in [1.29, 1.82) is 0 Å². The van der Waals surface area contributed by atoms with Gasteiger partial charge in [0.15, 0.2) is 11.5 Å². The summed E-state index contributed by atoms with van der Waals surface area (Å²) in [6.07, 6.45) is 3.09. The SMILES string of the molecule is COc1ccc(CCNCCCC2(c3ccccc3)COCc3ccccc32)cc1OC.Cl. The molecule has 0 aromatic heterocycles. The molecule has 4 rings (SSSR count). The minimum Gasteiger partial charge on any atom is -0.493 e. The lowest BCUT2D eigenvalue weighted by atomic mass is 9.69. The summed E-state index contributed by atoms with van der Waals surface area (Å²) in [7, 11) is 3.34. The summed E-state index contributed by atoms with van der Waals surface area (Å²) >= 11 is 0. The van der Waals surface area contributed by atoms with Crippen LogP contribution in [0, 0.1) is 0 Å². The van der Waals surface area contributed by atoms with Crippen LogP contribution in [0.1, 0.15) is 35.1 Å². The molecule has 5 heteroatoms. The van der Waals surface area contributed by atoms with Gasteiger partial charge in [0.05, 0.1) is 27.4 Å². The van der Waals surface area contributed by atoms with Crippen molar-refractivity contribution in [2.75, 3.05) is 33.9 Å². The van der Waals surface area contributed by atoms with Gasteiger partial charge in [0.2, 0.25) is 0 Å². The van der Waals surface area contributed by atoms with E-state index in [1.54, 1.807) is 14.2 Å². The van der Waals surface area contributed by atoms with Gasteiger partial charge in [0.1, 0.15) is 0 Å². The molecule has 1 atom stereocenters. The van der Waals surface area contributed by atoms with Gasteiger partial charge in [0.25, 0.3) is 0 Å². The zero-order valence-corrected chi connectivity index (χ0v) is 20.3. The highest BCUT2D eigenvalue weighted by atomic mass is 35.5. The molecule has 0 saturated heterocycles. The molecule has 0 spiro atoms. The van der Waals surface area contributed by atoms with E-state index in [9.17, 15) is 0 Å². The van der Waals surface area contributed by atoms with Crippen molar-refractivity contribution < 1.29 is 14.2 Å². The Bertz CT molecular complexity index is 1010. The predicted molar refractivity (Wildman–Crippen MR) is 136 cm³/mol. The number of hydrogen-bond donors (Lipinski definition) is 1. The van der Waals surface area contributed by atoms with Crippen LogP contribution in [0.3, 0.4) is 0 Å². The zero-order chi connectivity index (χ0) is 22.2. The summed E-state index contributed by atoms with van der Waals surface area (Å²) in [5.41, 5.74) is 5.23. The maximum absolute atomic E-state index is 6.10. The Hall–Kier alpha value is -2.53. The number of fused-ring (bicyclic) bond motifs is 1. The monoisotopic (exact) mass is 467 g/mol. The van der Waals surface area contributed by atoms with Crippen molar-refractivity contribution in [2.24, 2.45) is 0 Å². The second-order valence-electron chi connectivity index (χ2n) is 8.39. The molecule has 0 saturated carbocycles. The smallest absolute Gasteiger partial charge is 0.160 e. The average molecular weight is 468 g/mol. The van der Waals surface area contributed by atoms with E-state index in [4.69, 9.17) is 14.2 Å². The second kappa shape index (κ2) is 12.1. The molecule has 0 aliphatic carbocycles. The number of nitrogens with one attached hydrogen (secondary N) is 1. The summed E-state index contributed by atoms with van der Waals surface area (Å²) in [6.45, 7) is 3.35. The van der Waals surface area contributed by atoms with Crippen molar-refractivity contribution in [3.63, 3.8) is 0 Å². The van der Waals surface area contributed by atoms with Crippen molar-refractivity contribution in [2.45, 2.75) is 31.3 Å². The van der Waals surface area contributed by atoms with Crippen LogP contribution in [0.5, 0.6) is 11.5 Å². The molecule has 4 nitrogen and oxygen atoms in total. The standard InChI is InChI=1S/C28H33NO3.ClH/c1-30-26-14-13-22(19-27(26)31-2)15-18-29-17-8-16-28(24-10-4-3-5-11-24)21-32-20-23-9-6-7-12-25(23)28;/h3-7,9-14,19,29H,8,15-18,20-21H2,1-2H3;1H. The fourth-order valence-electron chi connectivity index (χ4n) is 4.78. The molecular formula is C28H34ClNO3. The maximum atomic E-state index is 6.10. The number of hydrogen-bond acceptors (Lipinski definition) is 4. The van der Waals surface area contributed by atoms with Gasteiger partial charge in [-0.05, 0) is 66.7 Å². The van der Waals surface area contributed by atoms with Crippen LogP contribution in [0.2, 0.25) is 0 Å². The zero-order valence-electron chi connectivity index (χ0n) is 19.5. The van der Waals surface area contributed by atoms with Gasteiger partial charge < -0.3 is 19.5 Å². The lowest BCUT2D eigenvalue weighted by Gasteiger charge is -2.40. The van der Waals surface area contributed by atoms with Crippen molar-refractivity contribution >= 4 is 12.4 Å². The second-order valence-corrected chi connectivity index (χ2v) is 8.39. The predicted octanol–water partition coefficient (Wildman–Crippen LogP) is 5.55. The summed E-state index contributed by atoms with van der Waals surface area (Å²) in [6, 6.07) is 25.7. The fourth-order valence-corrected chi connectivity index (χ4v) is 4.78. The van der Waals surface area contributed by atoms with Gasteiger partial charge in [-0.3, -0.25) is 0 Å². The van der Waals surface area contributed by atoms with E-state index in [-0.39, 0.29) is 17.8 Å². The lowest BCUT2D eigenvalue weighted by molar-refractivity contribution is 0.0613. The quantitative estimate of drug-likeness (QED) is 0.396. The molecule has 0 bridgehead atoms. The highest BCUT2D eigenvalue weighted by molar-refractivity contribution is 5.85. The molecule has 1 aliphatic rings. The first kappa shape index (κ1) is 25.1. The number of halogens is 1. The molecule has 1 N–H and O–H groups in total. The van der Waals surface area contributed by atoms with E-state index in [0.29, 0.717) is 6.61 Å². The van der Waals surface area contributed by atoms with E-state index < -0.39 is 0 Å². The first-order chi connectivity index (χ1) is 15.8. The Morgan fingerprint density at radius 1 is 0.879 bits per heavy atom. The third-order valence-corrected chi connectivity index (χ3v) is 6.46. The van der Waals surface area contributed by atoms with E-state index in [1.807, 2.05) is 6.07 Å². The average Bonchev–Trinajstić information content (AvgIpc) is 2.86. The van der Waals surface area contributed by atoms with Gasteiger partial charge in [-0.1, -0.05) is 60.7 Å². The van der Waals surface area contributed by atoms with Crippen molar-refractivity contribution in [3.05, 3.63) is 95.1 Å². The summed E-state index contributed by atoms with van der Waals surface area (Å²) in [4.78, 5) is 0. The van der Waals surface area contributed by atoms with E-state index in [2.05, 4.69) is 72.0 Å². The highest BCUT2D eigenvalue weighted by Gasteiger charge is 2.38. The number of methoxy groups -OCH3 is 2. The lowest BCUT2D eigenvalue weighted by Crippen LogP contribution is -2.38. The normalized spacial score (nSPS) is 17.0. The summed E-state index contributed by atoms with van der Waals surface area (Å²) < 4.78 is 16.8. The Kier molecular flexibility index (Phi) is 9.19. The van der Waals surface area contributed by atoms with Gasteiger partial charge in [-0.25, -0.2) is 0 Å². The van der Waals surface area contributed by atoms with Crippen LogP contribution >= 0.6 is 12.4 Å². The molecule has 0 radical (unpaired) electrons. The van der Waals surface area contributed by atoms with Crippen LogP contribution in [-0.2, 0) is 23.2 Å². The van der Waals surface area contributed by atoms with Crippen LogP contribution in [0.4, 0.5) is 0 Å². The van der Waals surface area contributed by atoms with Crippen LogP contribution < -0.4 is 14.8 Å². The fraction of sp³-hybridized carbons (Fsp3) is 0.357. The van der Waals surface area contributed by atoms with Crippen molar-refractivity contribution in [3.8, 4) is 11.5 Å². The Balaban J connectivity index is 0.00000306. The Morgan fingerprint density at radius 3 is 2.42 bits per heavy atom. The molecule has 3 aromatic rings. The van der Waals surface area contributed by atoms with Gasteiger partial charge in [-0.2, -0.15) is 0 Å². The maximum Gasteiger partial charge on any atom is 0.160 e. The highest BCUT2D eigenvalue weighted by Crippen LogP contribution is 2.41.